The number of halogens is 7. The van der Waals surface area contributed by atoms with E-state index in [1.165, 1.54) is 24.3 Å². The highest BCUT2D eigenvalue weighted by atomic mass is 19.4. The van der Waals surface area contributed by atoms with Gasteiger partial charge < -0.3 is 9.47 Å². The van der Waals surface area contributed by atoms with E-state index in [1.54, 1.807) is 6.92 Å². The van der Waals surface area contributed by atoms with E-state index in [2.05, 4.69) is 0 Å². The number of ether oxygens (including phenoxy) is 2. The monoisotopic (exact) mass is 362 g/mol. The summed E-state index contributed by atoms with van der Waals surface area (Å²) in [6.45, 7) is 2.94. The second kappa shape index (κ2) is 6.78. The van der Waals surface area contributed by atoms with Crippen molar-refractivity contribution in [1.29, 1.82) is 0 Å². The Balaban J connectivity index is 3.22. The van der Waals surface area contributed by atoms with Gasteiger partial charge in [0.05, 0.1) is 18.6 Å². The topological polar surface area (TPSA) is 18.5 Å². The molecule has 0 radical (unpaired) electrons. The van der Waals surface area contributed by atoms with Crippen molar-refractivity contribution in [2.45, 2.75) is 43.9 Å². The molecule has 0 amide bonds. The maximum atomic E-state index is 13.7. The maximum absolute atomic E-state index is 13.7. The molecular formula is C15H17F7O2. The third kappa shape index (κ3) is 3.93. The van der Waals surface area contributed by atoms with E-state index < -0.39 is 30.0 Å². The zero-order valence-electron chi connectivity index (χ0n) is 13.2. The van der Waals surface area contributed by atoms with E-state index in [4.69, 9.17) is 9.47 Å². The summed E-state index contributed by atoms with van der Waals surface area (Å²) in [7, 11) is 0.954. The van der Waals surface area contributed by atoms with Crippen LogP contribution in [-0.4, -0.2) is 31.7 Å². The van der Waals surface area contributed by atoms with E-state index in [0.29, 0.717) is 0 Å². The van der Waals surface area contributed by atoms with E-state index in [9.17, 15) is 30.7 Å². The smallest absolute Gasteiger partial charge is 0.459 e. The van der Waals surface area contributed by atoms with Crippen LogP contribution in [0.15, 0.2) is 24.3 Å². The predicted molar refractivity (Wildman–Crippen MR) is 72.5 cm³/mol. The molecule has 0 saturated heterocycles. The van der Waals surface area contributed by atoms with E-state index in [-0.39, 0.29) is 17.9 Å². The second-order valence-corrected chi connectivity index (χ2v) is 5.35. The van der Waals surface area contributed by atoms with Crippen molar-refractivity contribution < 1.29 is 40.2 Å². The number of hydrogen-bond donors (Lipinski definition) is 0. The van der Waals surface area contributed by atoms with Gasteiger partial charge in [0, 0.05) is 7.11 Å². The first-order valence-corrected chi connectivity index (χ1v) is 6.91. The largest absolute Gasteiger partial charge is 0.494 e. The SMILES string of the molecule is CCOc1cccc(C(C)(CC(F)(F)C(F)(F)C(F)(F)F)OC)c1. The first-order chi connectivity index (χ1) is 10.8. The van der Waals surface area contributed by atoms with Crippen LogP contribution in [-0.2, 0) is 10.3 Å². The summed E-state index contributed by atoms with van der Waals surface area (Å²) in [6, 6.07) is 5.44. The van der Waals surface area contributed by atoms with Crippen LogP contribution < -0.4 is 4.74 Å². The van der Waals surface area contributed by atoms with Crippen LogP contribution in [0.1, 0.15) is 25.8 Å². The van der Waals surface area contributed by atoms with Crippen LogP contribution in [0.25, 0.3) is 0 Å². The molecule has 0 spiro atoms. The molecule has 1 aromatic rings. The third-order valence-electron chi connectivity index (χ3n) is 3.58. The normalized spacial score (nSPS) is 15.9. The van der Waals surface area contributed by atoms with Gasteiger partial charge in [-0.25, -0.2) is 0 Å². The Kier molecular flexibility index (Phi) is 5.80. The average molecular weight is 362 g/mol. The van der Waals surface area contributed by atoms with Crippen molar-refractivity contribution in [3.63, 3.8) is 0 Å². The van der Waals surface area contributed by atoms with Crippen LogP contribution in [0.3, 0.4) is 0 Å². The van der Waals surface area contributed by atoms with Crippen molar-refractivity contribution in [2.24, 2.45) is 0 Å². The Morgan fingerprint density at radius 3 is 2.04 bits per heavy atom. The summed E-state index contributed by atoms with van der Waals surface area (Å²) >= 11 is 0. The Labute approximate surface area is 134 Å². The number of hydrogen-bond acceptors (Lipinski definition) is 2. The number of alkyl halides is 7. The van der Waals surface area contributed by atoms with E-state index >= 15 is 0 Å². The summed E-state index contributed by atoms with van der Waals surface area (Å²) < 4.78 is 101. The summed E-state index contributed by atoms with van der Waals surface area (Å²) in [4.78, 5) is 0. The molecule has 138 valence electrons. The van der Waals surface area contributed by atoms with Crippen molar-refractivity contribution in [3.05, 3.63) is 29.8 Å². The molecule has 1 aromatic carbocycles. The molecule has 0 saturated carbocycles. The van der Waals surface area contributed by atoms with E-state index in [1.807, 2.05) is 0 Å². The zero-order chi connectivity index (χ0) is 18.8. The maximum Gasteiger partial charge on any atom is 0.459 e. The van der Waals surface area contributed by atoms with Gasteiger partial charge in [-0.2, -0.15) is 30.7 Å². The highest BCUT2D eigenvalue weighted by Crippen LogP contribution is 2.51. The summed E-state index contributed by atoms with van der Waals surface area (Å²) in [6.07, 6.45) is -8.24. The number of methoxy groups -OCH3 is 1. The highest BCUT2D eigenvalue weighted by Gasteiger charge is 2.73. The lowest BCUT2D eigenvalue weighted by Crippen LogP contribution is -2.54. The zero-order valence-corrected chi connectivity index (χ0v) is 13.2. The fourth-order valence-electron chi connectivity index (χ4n) is 2.12. The molecule has 0 fully saturated rings. The lowest BCUT2D eigenvalue weighted by Gasteiger charge is -2.36. The minimum atomic E-state index is -6.38. The van der Waals surface area contributed by atoms with Crippen LogP contribution in [0.2, 0.25) is 0 Å². The Hall–Kier alpha value is -1.51. The molecule has 0 heterocycles. The van der Waals surface area contributed by atoms with Crippen molar-refractivity contribution in [2.75, 3.05) is 13.7 Å². The molecule has 0 aliphatic rings. The Bertz CT molecular complexity index is 557. The molecule has 0 aliphatic carbocycles. The summed E-state index contributed by atoms with van der Waals surface area (Å²) in [5.74, 6) is -11.3. The standard InChI is InChI=1S/C15H17F7O2/c1-4-24-11-7-5-6-10(8-11)12(2,23-3)9-13(16,17)14(18,19)15(20,21)22/h5-8H,4,9H2,1-3H3. The quantitative estimate of drug-likeness (QED) is 0.623. The number of benzene rings is 1. The van der Waals surface area contributed by atoms with Gasteiger partial charge in [0.1, 0.15) is 5.75 Å². The highest BCUT2D eigenvalue weighted by molar-refractivity contribution is 5.32. The van der Waals surface area contributed by atoms with Crippen molar-refractivity contribution in [1.82, 2.24) is 0 Å². The van der Waals surface area contributed by atoms with Crippen molar-refractivity contribution in [3.8, 4) is 5.75 Å². The second-order valence-electron chi connectivity index (χ2n) is 5.35. The van der Waals surface area contributed by atoms with Gasteiger partial charge in [0.25, 0.3) is 0 Å². The average Bonchev–Trinajstić information content (AvgIpc) is 2.46. The van der Waals surface area contributed by atoms with Crippen molar-refractivity contribution >= 4 is 0 Å². The summed E-state index contributed by atoms with van der Waals surface area (Å²) in [5.41, 5.74) is -2.08. The molecule has 0 aliphatic heterocycles. The van der Waals surface area contributed by atoms with Crippen LogP contribution >= 0.6 is 0 Å². The molecule has 1 atom stereocenters. The molecule has 0 aromatic heterocycles. The molecule has 0 bridgehead atoms. The minimum absolute atomic E-state index is 0.00593. The van der Waals surface area contributed by atoms with Crippen LogP contribution in [0, 0.1) is 0 Å². The molecule has 1 unspecified atom stereocenters. The van der Waals surface area contributed by atoms with E-state index in [0.717, 1.165) is 14.0 Å². The molecule has 2 nitrogen and oxygen atoms in total. The first-order valence-electron chi connectivity index (χ1n) is 6.91. The van der Waals surface area contributed by atoms with Crippen LogP contribution in [0.5, 0.6) is 5.75 Å². The minimum Gasteiger partial charge on any atom is -0.494 e. The predicted octanol–water partition coefficient (Wildman–Crippen LogP) is 5.17. The Morgan fingerprint density at radius 1 is 1.00 bits per heavy atom. The van der Waals surface area contributed by atoms with Gasteiger partial charge in [0.2, 0.25) is 0 Å². The fraction of sp³-hybridized carbons (Fsp3) is 0.600. The number of rotatable bonds is 7. The van der Waals surface area contributed by atoms with Gasteiger partial charge in [-0.15, -0.1) is 0 Å². The van der Waals surface area contributed by atoms with Crippen LogP contribution in [0.4, 0.5) is 30.7 Å². The van der Waals surface area contributed by atoms with Gasteiger partial charge in [-0.05, 0) is 31.5 Å². The first kappa shape index (κ1) is 20.5. The lowest BCUT2D eigenvalue weighted by atomic mass is 9.87. The van der Waals surface area contributed by atoms with Gasteiger partial charge in [-0.1, -0.05) is 12.1 Å². The van der Waals surface area contributed by atoms with Gasteiger partial charge in [0.15, 0.2) is 0 Å². The van der Waals surface area contributed by atoms with Gasteiger partial charge >= 0.3 is 18.0 Å². The molecule has 0 N–H and O–H groups in total. The molecule has 1 rings (SSSR count). The molecular weight excluding hydrogens is 345 g/mol. The molecule has 9 heteroatoms. The summed E-state index contributed by atoms with van der Waals surface area (Å²) in [5, 5.41) is 0. The Morgan fingerprint density at radius 2 is 1.58 bits per heavy atom. The molecule has 24 heavy (non-hydrogen) atoms. The lowest BCUT2D eigenvalue weighted by molar-refractivity contribution is -0.361. The van der Waals surface area contributed by atoms with Gasteiger partial charge in [-0.3, -0.25) is 0 Å². The fourth-order valence-corrected chi connectivity index (χ4v) is 2.12. The third-order valence-corrected chi connectivity index (χ3v) is 3.58.